The summed E-state index contributed by atoms with van der Waals surface area (Å²) in [6.45, 7) is 8.81. The third kappa shape index (κ3) is 81.1. The second kappa shape index (κ2) is 62.5. The normalized spacial score (nSPS) is 11.5. The van der Waals surface area contributed by atoms with Gasteiger partial charge in [-0.25, -0.2) is 0 Å². The fourth-order valence-electron chi connectivity index (χ4n) is 7.94. The van der Waals surface area contributed by atoms with Crippen LogP contribution in [-0.4, -0.2) is 46.4 Å². The number of ether oxygens (including phenoxy) is 1. The number of unbranched alkanes of at least 4 members (excludes halogenated alkanes) is 42. The van der Waals surface area contributed by atoms with Crippen molar-refractivity contribution in [1.82, 2.24) is 0 Å². The van der Waals surface area contributed by atoms with E-state index in [4.69, 9.17) is 15.3 Å². The molecule has 1 saturated heterocycles. The minimum absolute atomic E-state index is 0.345. The lowest BCUT2D eigenvalue weighted by Crippen LogP contribution is -1.93. The van der Waals surface area contributed by atoms with Crippen LogP contribution < -0.4 is 0 Å². The lowest BCUT2D eigenvalue weighted by molar-refractivity contribution is -0.138. The van der Waals surface area contributed by atoms with E-state index in [-0.39, 0.29) is 0 Å². The molecule has 7 nitrogen and oxygen atoms in total. The van der Waals surface area contributed by atoms with Crippen LogP contribution in [0.1, 0.15) is 329 Å². The number of carbonyl (C=O) groups is 3. The standard InChI is InChI=1S/3C18H36O2.C2H4O/c3*1-2-3-4-5-6-7-8-9-10-11-12-13-14-15-16-17-18(19)20;1-2-3-1/h3*2-17H2,1H3,(H,19,20);1-2H2. The van der Waals surface area contributed by atoms with Crippen molar-refractivity contribution in [2.24, 2.45) is 0 Å². The Morgan fingerprint density at radius 3 is 0.460 bits per heavy atom. The van der Waals surface area contributed by atoms with Crippen LogP contribution in [0.15, 0.2) is 0 Å². The zero-order valence-electron chi connectivity index (χ0n) is 42.8. The molecule has 0 unspecified atom stereocenters. The van der Waals surface area contributed by atoms with Gasteiger partial charge in [0.1, 0.15) is 0 Å². The van der Waals surface area contributed by atoms with Gasteiger partial charge < -0.3 is 20.1 Å². The van der Waals surface area contributed by atoms with E-state index in [1.807, 2.05) is 0 Å². The predicted molar refractivity (Wildman–Crippen MR) is 272 cm³/mol. The molecular formula is C56H112O7. The smallest absolute Gasteiger partial charge is 0.303 e. The van der Waals surface area contributed by atoms with Crippen LogP contribution >= 0.6 is 0 Å². The molecule has 1 rings (SSSR count). The molecule has 0 aromatic heterocycles. The van der Waals surface area contributed by atoms with Gasteiger partial charge >= 0.3 is 17.9 Å². The number of carboxylic acid groups (broad SMARTS) is 3. The zero-order valence-corrected chi connectivity index (χ0v) is 42.8. The molecule has 0 aliphatic carbocycles. The largest absolute Gasteiger partial charge is 0.481 e. The molecule has 0 bridgehead atoms. The highest BCUT2D eigenvalue weighted by atomic mass is 16.6. The minimum Gasteiger partial charge on any atom is -0.481 e. The first kappa shape index (κ1) is 65.6. The van der Waals surface area contributed by atoms with Crippen LogP contribution in [0.4, 0.5) is 0 Å². The van der Waals surface area contributed by atoms with Gasteiger partial charge in [-0.15, -0.1) is 0 Å². The third-order valence-corrected chi connectivity index (χ3v) is 12.2. The van der Waals surface area contributed by atoms with Crippen molar-refractivity contribution in [3.8, 4) is 0 Å². The molecule has 378 valence electrons. The third-order valence-electron chi connectivity index (χ3n) is 12.2. The molecule has 7 heteroatoms. The number of carboxylic acids is 3. The van der Waals surface area contributed by atoms with Gasteiger partial charge in [0.25, 0.3) is 0 Å². The van der Waals surface area contributed by atoms with Crippen LogP contribution in [-0.2, 0) is 19.1 Å². The first-order chi connectivity index (χ1) is 30.8. The number of rotatable bonds is 48. The summed E-state index contributed by atoms with van der Waals surface area (Å²) < 4.78 is 4.50. The first-order valence-electron chi connectivity index (χ1n) is 28.0. The Balaban J connectivity index is -0.000000825. The van der Waals surface area contributed by atoms with E-state index in [2.05, 4.69) is 25.5 Å². The van der Waals surface area contributed by atoms with Crippen molar-refractivity contribution in [3.63, 3.8) is 0 Å². The number of hydrogen-bond acceptors (Lipinski definition) is 4. The van der Waals surface area contributed by atoms with E-state index < -0.39 is 17.9 Å². The first-order valence-corrected chi connectivity index (χ1v) is 28.0. The van der Waals surface area contributed by atoms with E-state index >= 15 is 0 Å². The maximum atomic E-state index is 10.3. The monoisotopic (exact) mass is 897 g/mol. The molecule has 1 fully saturated rings. The summed E-state index contributed by atoms with van der Waals surface area (Å²) in [6, 6.07) is 0. The molecule has 0 radical (unpaired) electrons. The Kier molecular flexibility index (Phi) is 65.1. The average Bonchev–Trinajstić information content (AvgIpc) is 4.16. The fraction of sp³-hybridized carbons (Fsp3) is 0.946. The summed E-state index contributed by atoms with van der Waals surface area (Å²) in [7, 11) is 0. The number of epoxide rings is 1. The van der Waals surface area contributed by atoms with Gasteiger partial charge in [0, 0.05) is 19.3 Å². The van der Waals surface area contributed by atoms with Gasteiger partial charge in [-0.05, 0) is 19.3 Å². The molecule has 0 atom stereocenters. The molecule has 0 aromatic rings. The van der Waals surface area contributed by atoms with Gasteiger partial charge in [0.05, 0.1) is 13.2 Å². The second-order valence-electron chi connectivity index (χ2n) is 18.9. The topological polar surface area (TPSA) is 124 Å². The summed E-state index contributed by atoms with van der Waals surface area (Å²) in [5, 5.41) is 25.6. The predicted octanol–water partition coefficient (Wildman–Crippen LogP) is 19.0. The van der Waals surface area contributed by atoms with E-state index in [1.54, 1.807) is 0 Å². The maximum Gasteiger partial charge on any atom is 0.303 e. The van der Waals surface area contributed by atoms with E-state index in [0.29, 0.717) is 19.3 Å². The Labute approximate surface area is 393 Å². The van der Waals surface area contributed by atoms with Gasteiger partial charge in [-0.3, -0.25) is 14.4 Å². The quantitative estimate of drug-likeness (QED) is 0.0410. The molecule has 63 heavy (non-hydrogen) atoms. The Morgan fingerprint density at radius 2 is 0.365 bits per heavy atom. The molecule has 1 aliphatic rings. The SMILES string of the molecule is C1CO1.CCCCCCCCCCCCCCCCCC(=O)O.CCCCCCCCCCCCCCCCCC(=O)O.CCCCCCCCCCCCCCCCCC(=O)O. The Hall–Kier alpha value is -1.63. The summed E-state index contributed by atoms with van der Waals surface area (Å²) >= 11 is 0. The van der Waals surface area contributed by atoms with Crippen molar-refractivity contribution in [2.45, 2.75) is 329 Å². The lowest BCUT2D eigenvalue weighted by Gasteiger charge is -2.03. The van der Waals surface area contributed by atoms with Crippen molar-refractivity contribution in [1.29, 1.82) is 0 Å². The minimum atomic E-state index is -0.653. The van der Waals surface area contributed by atoms with Crippen molar-refractivity contribution < 1.29 is 34.4 Å². The summed E-state index contributed by atoms with van der Waals surface area (Å²) in [6.07, 6.45) is 60.6. The molecule has 0 amide bonds. The van der Waals surface area contributed by atoms with Gasteiger partial charge in [0.15, 0.2) is 0 Å². The average molecular weight is 898 g/mol. The molecule has 0 saturated carbocycles. The number of hydrogen-bond donors (Lipinski definition) is 3. The molecule has 1 heterocycles. The van der Waals surface area contributed by atoms with Gasteiger partial charge in [-0.2, -0.15) is 0 Å². The van der Waals surface area contributed by atoms with Crippen LogP contribution in [0, 0.1) is 0 Å². The molecule has 3 N–H and O–H groups in total. The zero-order chi connectivity index (χ0) is 46.8. The molecular weight excluding hydrogens is 785 g/mol. The van der Waals surface area contributed by atoms with Crippen LogP contribution in [0.25, 0.3) is 0 Å². The van der Waals surface area contributed by atoms with Crippen molar-refractivity contribution >= 4 is 17.9 Å². The second-order valence-corrected chi connectivity index (χ2v) is 18.9. The maximum absolute atomic E-state index is 10.3. The Bertz CT molecular complexity index is 753. The van der Waals surface area contributed by atoms with Crippen molar-refractivity contribution in [2.75, 3.05) is 13.2 Å². The van der Waals surface area contributed by atoms with E-state index in [0.717, 1.165) is 51.7 Å². The molecule has 1 aliphatic heterocycles. The molecule has 0 aromatic carbocycles. The highest BCUT2D eigenvalue weighted by Gasteiger charge is 2.00. The van der Waals surface area contributed by atoms with Crippen LogP contribution in [0.2, 0.25) is 0 Å². The number of aliphatic carboxylic acids is 3. The van der Waals surface area contributed by atoms with Crippen LogP contribution in [0.3, 0.4) is 0 Å². The summed E-state index contributed by atoms with van der Waals surface area (Å²) in [4.78, 5) is 31.0. The van der Waals surface area contributed by atoms with E-state index in [9.17, 15) is 14.4 Å². The van der Waals surface area contributed by atoms with Crippen LogP contribution in [0.5, 0.6) is 0 Å². The molecule has 0 spiro atoms. The lowest BCUT2D eigenvalue weighted by atomic mass is 10.0. The van der Waals surface area contributed by atoms with E-state index in [1.165, 1.54) is 250 Å². The summed E-state index contributed by atoms with van der Waals surface area (Å²) in [5.74, 6) is -1.96. The van der Waals surface area contributed by atoms with Crippen molar-refractivity contribution in [3.05, 3.63) is 0 Å². The highest BCUT2D eigenvalue weighted by Crippen LogP contribution is 2.16. The van der Waals surface area contributed by atoms with Gasteiger partial charge in [-0.1, -0.05) is 290 Å². The fourth-order valence-corrected chi connectivity index (χ4v) is 7.94. The van der Waals surface area contributed by atoms with Gasteiger partial charge in [0.2, 0.25) is 0 Å². The highest BCUT2D eigenvalue weighted by molar-refractivity contribution is 5.67. The Morgan fingerprint density at radius 1 is 0.254 bits per heavy atom. The summed E-state index contributed by atoms with van der Waals surface area (Å²) in [5.41, 5.74) is 0.